The molecule has 2 aromatic rings. The van der Waals surface area contributed by atoms with Gasteiger partial charge in [0.25, 0.3) is 0 Å². The highest BCUT2D eigenvalue weighted by Crippen LogP contribution is 2.42. The first kappa shape index (κ1) is 17.8. The Morgan fingerprint density at radius 1 is 1.10 bits per heavy atom. The zero-order chi connectivity index (χ0) is 14.7. The second-order valence-electron chi connectivity index (χ2n) is 4.19. The summed E-state index contributed by atoms with van der Waals surface area (Å²) in [6.07, 6.45) is 1.56. The van der Waals surface area contributed by atoms with Gasteiger partial charge >= 0.3 is 0 Å². The van der Waals surface area contributed by atoms with Gasteiger partial charge in [0.1, 0.15) is 17.7 Å². The van der Waals surface area contributed by atoms with Crippen LogP contribution in [0.15, 0.2) is 16.9 Å². The molecule has 2 rings (SSSR count). The normalized spacial score (nSPS) is 10.1. The van der Waals surface area contributed by atoms with E-state index < -0.39 is 0 Å². The van der Waals surface area contributed by atoms with Gasteiger partial charge in [0.15, 0.2) is 11.5 Å². The van der Waals surface area contributed by atoms with Gasteiger partial charge in [-0.25, -0.2) is 9.97 Å². The monoisotopic (exact) mass is 375 g/mol. The van der Waals surface area contributed by atoms with E-state index in [-0.39, 0.29) is 12.4 Å². The molecule has 0 aliphatic rings. The first-order valence-electron chi connectivity index (χ1n) is 6.47. The molecule has 5 nitrogen and oxygen atoms in total. The van der Waals surface area contributed by atoms with Crippen LogP contribution in [0.2, 0.25) is 0 Å². The summed E-state index contributed by atoms with van der Waals surface area (Å²) < 4.78 is 11.7. The summed E-state index contributed by atoms with van der Waals surface area (Å²) in [5, 5.41) is 0.945. The Kier molecular flexibility index (Phi) is 6.48. The Balaban J connectivity index is 0.00000220. The van der Waals surface area contributed by atoms with E-state index in [9.17, 15) is 0 Å². The van der Waals surface area contributed by atoms with Crippen molar-refractivity contribution in [3.8, 4) is 11.5 Å². The number of fused-ring (bicyclic) bond motifs is 1. The number of benzene rings is 1. The summed E-state index contributed by atoms with van der Waals surface area (Å²) in [4.78, 5) is 11.0. The molecule has 116 valence electrons. The molecule has 0 aliphatic heterocycles. The van der Waals surface area contributed by atoms with E-state index in [2.05, 4.69) is 44.6 Å². The van der Waals surface area contributed by atoms with Gasteiger partial charge in [0, 0.05) is 18.5 Å². The third kappa shape index (κ3) is 3.16. The molecule has 0 amide bonds. The Bertz CT molecular complexity index is 621. The number of methoxy groups -OCH3 is 2. The molecule has 1 aromatic heterocycles. The zero-order valence-electron chi connectivity index (χ0n) is 12.5. The molecule has 0 saturated heterocycles. The maximum absolute atomic E-state index is 5.47. The first-order valence-corrected chi connectivity index (χ1v) is 7.27. The van der Waals surface area contributed by atoms with Crippen LogP contribution in [-0.4, -0.2) is 37.3 Å². The Morgan fingerprint density at radius 3 is 2.24 bits per heavy atom. The molecule has 0 radical (unpaired) electrons. The minimum Gasteiger partial charge on any atom is -0.492 e. The van der Waals surface area contributed by atoms with Crippen LogP contribution >= 0.6 is 28.3 Å². The maximum Gasteiger partial charge on any atom is 0.188 e. The second-order valence-corrected chi connectivity index (χ2v) is 5.04. The van der Waals surface area contributed by atoms with Gasteiger partial charge < -0.3 is 14.4 Å². The van der Waals surface area contributed by atoms with E-state index in [1.165, 1.54) is 0 Å². The molecular formula is C14H19BrClN3O2. The fourth-order valence-electron chi connectivity index (χ4n) is 2.26. The van der Waals surface area contributed by atoms with Gasteiger partial charge in [-0.3, -0.25) is 0 Å². The summed E-state index contributed by atoms with van der Waals surface area (Å²) in [6, 6.07) is 1.98. The van der Waals surface area contributed by atoms with Crippen molar-refractivity contribution in [3.05, 3.63) is 16.9 Å². The Labute approximate surface area is 139 Å². The molecular weight excluding hydrogens is 358 g/mol. The van der Waals surface area contributed by atoms with E-state index in [0.717, 1.165) is 34.3 Å². The molecule has 7 heteroatoms. The predicted molar refractivity (Wildman–Crippen MR) is 91.2 cm³/mol. The van der Waals surface area contributed by atoms with Crippen molar-refractivity contribution in [2.24, 2.45) is 0 Å². The fourth-order valence-corrected chi connectivity index (χ4v) is 2.83. The molecule has 0 aliphatic carbocycles. The van der Waals surface area contributed by atoms with Crippen LogP contribution in [0.4, 0.5) is 5.82 Å². The van der Waals surface area contributed by atoms with Crippen LogP contribution in [0.1, 0.15) is 13.8 Å². The van der Waals surface area contributed by atoms with Crippen molar-refractivity contribution in [3.63, 3.8) is 0 Å². The van der Waals surface area contributed by atoms with Crippen molar-refractivity contribution < 1.29 is 9.47 Å². The molecule has 0 saturated carbocycles. The highest BCUT2D eigenvalue weighted by Gasteiger charge is 2.19. The molecule has 1 aromatic carbocycles. The number of rotatable bonds is 5. The average Bonchev–Trinajstić information content (AvgIpc) is 2.47. The summed E-state index contributed by atoms with van der Waals surface area (Å²) in [6.45, 7) is 5.98. The topological polar surface area (TPSA) is 47.5 Å². The van der Waals surface area contributed by atoms with Gasteiger partial charge in [0.2, 0.25) is 0 Å². The van der Waals surface area contributed by atoms with Crippen LogP contribution in [0.25, 0.3) is 10.9 Å². The fraction of sp³-hybridized carbons (Fsp3) is 0.429. The standard InChI is InChI=1S/C14H18BrN3O2.ClH/c1-5-18(6-2)14-9-7-10(15)12(19-3)13(20-4)11(9)16-8-17-14;/h7-8H,5-6H2,1-4H3;1H. The van der Waals surface area contributed by atoms with E-state index in [1.54, 1.807) is 20.5 Å². The second kappa shape index (κ2) is 7.66. The van der Waals surface area contributed by atoms with Crippen molar-refractivity contribution in [1.82, 2.24) is 9.97 Å². The highest BCUT2D eigenvalue weighted by atomic mass is 79.9. The quantitative estimate of drug-likeness (QED) is 0.796. The summed E-state index contributed by atoms with van der Waals surface area (Å²) in [7, 11) is 3.23. The third-order valence-corrected chi connectivity index (χ3v) is 3.83. The minimum atomic E-state index is 0. The Hall–Kier alpha value is -1.27. The summed E-state index contributed by atoms with van der Waals surface area (Å²) >= 11 is 3.52. The number of nitrogens with zero attached hydrogens (tertiary/aromatic N) is 3. The van der Waals surface area contributed by atoms with Crippen LogP contribution in [0.3, 0.4) is 0 Å². The number of anilines is 1. The molecule has 0 atom stereocenters. The van der Waals surface area contributed by atoms with Crippen LogP contribution in [0, 0.1) is 0 Å². The van der Waals surface area contributed by atoms with E-state index in [4.69, 9.17) is 9.47 Å². The SMILES string of the molecule is CCN(CC)c1ncnc2c(OC)c(OC)c(Br)cc12.Cl. The van der Waals surface area contributed by atoms with Crippen molar-refractivity contribution in [2.45, 2.75) is 13.8 Å². The lowest BCUT2D eigenvalue weighted by Crippen LogP contribution is -2.23. The lowest BCUT2D eigenvalue weighted by atomic mass is 10.2. The zero-order valence-corrected chi connectivity index (χ0v) is 14.9. The molecule has 21 heavy (non-hydrogen) atoms. The van der Waals surface area contributed by atoms with Crippen molar-refractivity contribution in [1.29, 1.82) is 0 Å². The summed E-state index contributed by atoms with van der Waals surface area (Å²) in [5.74, 6) is 2.17. The third-order valence-electron chi connectivity index (χ3n) is 3.24. The van der Waals surface area contributed by atoms with E-state index >= 15 is 0 Å². The summed E-state index contributed by atoms with van der Waals surface area (Å²) in [5.41, 5.74) is 0.754. The lowest BCUT2D eigenvalue weighted by Gasteiger charge is -2.22. The minimum absolute atomic E-state index is 0. The van der Waals surface area contributed by atoms with Crippen LogP contribution in [-0.2, 0) is 0 Å². The van der Waals surface area contributed by atoms with E-state index in [0.29, 0.717) is 11.5 Å². The van der Waals surface area contributed by atoms with Crippen LogP contribution < -0.4 is 14.4 Å². The van der Waals surface area contributed by atoms with Crippen LogP contribution in [0.5, 0.6) is 11.5 Å². The highest BCUT2D eigenvalue weighted by molar-refractivity contribution is 9.10. The van der Waals surface area contributed by atoms with E-state index in [1.807, 2.05) is 6.07 Å². The Morgan fingerprint density at radius 2 is 1.71 bits per heavy atom. The molecule has 0 unspecified atom stereocenters. The predicted octanol–water partition coefficient (Wildman–Crippen LogP) is 3.68. The molecule has 0 bridgehead atoms. The van der Waals surface area contributed by atoms with Crippen molar-refractivity contribution in [2.75, 3.05) is 32.2 Å². The molecule has 0 N–H and O–H groups in total. The first-order chi connectivity index (χ1) is 9.67. The van der Waals surface area contributed by atoms with Gasteiger partial charge in [-0.1, -0.05) is 0 Å². The average molecular weight is 377 g/mol. The van der Waals surface area contributed by atoms with Gasteiger partial charge in [-0.15, -0.1) is 12.4 Å². The number of hydrogen-bond donors (Lipinski definition) is 0. The van der Waals surface area contributed by atoms with Crippen molar-refractivity contribution >= 4 is 45.1 Å². The lowest BCUT2D eigenvalue weighted by molar-refractivity contribution is 0.356. The molecule has 0 spiro atoms. The van der Waals surface area contributed by atoms with Gasteiger partial charge in [-0.05, 0) is 35.8 Å². The van der Waals surface area contributed by atoms with Gasteiger partial charge in [0.05, 0.1) is 18.7 Å². The number of ether oxygens (including phenoxy) is 2. The number of hydrogen-bond acceptors (Lipinski definition) is 5. The largest absolute Gasteiger partial charge is 0.492 e. The van der Waals surface area contributed by atoms with Gasteiger partial charge in [-0.2, -0.15) is 0 Å². The number of halogens is 2. The molecule has 1 heterocycles. The maximum atomic E-state index is 5.47. The number of aromatic nitrogens is 2. The molecule has 0 fully saturated rings. The smallest absolute Gasteiger partial charge is 0.188 e.